The van der Waals surface area contributed by atoms with Gasteiger partial charge in [0.05, 0.1) is 4.90 Å². The third-order valence-electron chi connectivity index (χ3n) is 5.65. The molecule has 9 heteroatoms. The fourth-order valence-corrected chi connectivity index (χ4v) is 5.48. The second-order valence-electron chi connectivity index (χ2n) is 7.86. The lowest BCUT2D eigenvalue weighted by Gasteiger charge is -2.18. The van der Waals surface area contributed by atoms with Crippen LogP contribution in [0.5, 0.6) is 0 Å². The lowest BCUT2D eigenvalue weighted by molar-refractivity contribution is 0.0791. The van der Waals surface area contributed by atoms with Gasteiger partial charge in [-0.15, -0.1) is 11.3 Å². The molecule has 0 unspecified atom stereocenters. The van der Waals surface area contributed by atoms with E-state index in [4.69, 9.17) is 0 Å². The molecule has 1 aliphatic heterocycles. The summed E-state index contributed by atoms with van der Waals surface area (Å²) in [6.07, 6.45) is 2.02. The van der Waals surface area contributed by atoms with Gasteiger partial charge in [0.15, 0.2) is 0 Å². The Balaban J connectivity index is 1.44. The lowest BCUT2D eigenvalue weighted by atomic mass is 10.0. The zero-order valence-electron chi connectivity index (χ0n) is 18.2. The van der Waals surface area contributed by atoms with Gasteiger partial charge in [-0.05, 0) is 73.2 Å². The third kappa shape index (κ3) is 5.32. The minimum Gasteiger partial charge on any atom is -0.339 e. The van der Waals surface area contributed by atoms with Gasteiger partial charge in [-0.25, -0.2) is 13.1 Å². The predicted octanol–water partition coefficient (Wildman–Crippen LogP) is 4.02. The molecule has 0 atom stereocenters. The fraction of sp³-hybridized carbons (Fsp3) is 0.250. The van der Waals surface area contributed by atoms with Gasteiger partial charge in [-0.1, -0.05) is 12.1 Å². The van der Waals surface area contributed by atoms with Gasteiger partial charge in [0, 0.05) is 41.3 Å². The molecule has 0 saturated carbocycles. The van der Waals surface area contributed by atoms with Gasteiger partial charge < -0.3 is 10.2 Å². The molecule has 7 nitrogen and oxygen atoms in total. The van der Waals surface area contributed by atoms with Crippen molar-refractivity contribution in [3.63, 3.8) is 0 Å². The number of rotatable bonds is 7. The first-order chi connectivity index (χ1) is 15.8. The van der Waals surface area contributed by atoms with Crippen LogP contribution in [0, 0.1) is 6.92 Å². The molecule has 4 rings (SSSR count). The molecule has 1 saturated heterocycles. The van der Waals surface area contributed by atoms with Crippen LogP contribution in [0.25, 0.3) is 0 Å². The van der Waals surface area contributed by atoms with Gasteiger partial charge >= 0.3 is 0 Å². The first kappa shape index (κ1) is 23.2. The molecule has 0 spiro atoms. The summed E-state index contributed by atoms with van der Waals surface area (Å²) in [6.45, 7) is 3.54. The standard InChI is InChI=1S/C24H25N3O4S2/c1-17-21(24(29)27-13-2-3-14-27)7-4-8-22(17)26-23(28)18-9-11-20(12-10-18)33(30,31)25-16-19-6-5-15-32-19/h4-12,15,25H,2-3,13-14,16H2,1H3,(H,26,28). The van der Waals surface area contributed by atoms with Crippen LogP contribution in [0.1, 0.15) is 44.0 Å². The number of hydrogen-bond acceptors (Lipinski definition) is 5. The van der Waals surface area contributed by atoms with Crippen LogP contribution in [-0.2, 0) is 16.6 Å². The Labute approximate surface area is 197 Å². The van der Waals surface area contributed by atoms with Gasteiger partial charge in [-0.2, -0.15) is 0 Å². The van der Waals surface area contributed by atoms with Gasteiger partial charge in [0.2, 0.25) is 10.0 Å². The van der Waals surface area contributed by atoms with E-state index in [9.17, 15) is 18.0 Å². The lowest BCUT2D eigenvalue weighted by Crippen LogP contribution is -2.28. The number of carbonyl (C=O) groups excluding carboxylic acids is 2. The zero-order chi connectivity index (χ0) is 23.4. The minimum absolute atomic E-state index is 0.0225. The van der Waals surface area contributed by atoms with E-state index in [2.05, 4.69) is 10.0 Å². The number of likely N-dealkylation sites (tertiary alicyclic amines) is 1. The molecule has 2 N–H and O–H groups in total. The van der Waals surface area contributed by atoms with Crippen LogP contribution in [0.4, 0.5) is 5.69 Å². The Kier molecular flexibility index (Phi) is 6.92. The zero-order valence-corrected chi connectivity index (χ0v) is 19.8. The van der Waals surface area contributed by atoms with Crippen molar-refractivity contribution in [2.75, 3.05) is 18.4 Å². The van der Waals surface area contributed by atoms with Crippen molar-refractivity contribution in [2.24, 2.45) is 0 Å². The molecule has 33 heavy (non-hydrogen) atoms. The molecule has 1 aromatic heterocycles. The Bertz CT molecular complexity index is 1250. The number of nitrogens with one attached hydrogen (secondary N) is 2. The first-order valence-corrected chi connectivity index (χ1v) is 13.0. The molecule has 0 aliphatic carbocycles. The Hall–Kier alpha value is -3.01. The van der Waals surface area contributed by atoms with Crippen LogP contribution in [0.3, 0.4) is 0 Å². The number of benzene rings is 2. The van der Waals surface area contributed by atoms with Crippen molar-refractivity contribution in [3.8, 4) is 0 Å². The SMILES string of the molecule is Cc1c(NC(=O)c2ccc(S(=O)(=O)NCc3cccs3)cc2)cccc1C(=O)N1CCCC1. The first-order valence-electron chi connectivity index (χ1n) is 10.7. The highest BCUT2D eigenvalue weighted by atomic mass is 32.2. The monoisotopic (exact) mass is 483 g/mol. The average Bonchev–Trinajstić information content (AvgIpc) is 3.53. The normalized spacial score (nSPS) is 13.8. The second-order valence-corrected chi connectivity index (χ2v) is 10.7. The van der Waals surface area contributed by atoms with E-state index in [1.54, 1.807) is 18.2 Å². The van der Waals surface area contributed by atoms with Gasteiger partial charge in [0.25, 0.3) is 11.8 Å². The highest BCUT2D eigenvalue weighted by molar-refractivity contribution is 7.89. The Morgan fingerprint density at radius 3 is 2.39 bits per heavy atom. The molecule has 1 fully saturated rings. The predicted molar refractivity (Wildman–Crippen MR) is 129 cm³/mol. The van der Waals surface area contributed by atoms with E-state index in [0.717, 1.165) is 30.8 Å². The maximum atomic E-state index is 12.8. The van der Waals surface area contributed by atoms with E-state index < -0.39 is 10.0 Å². The second kappa shape index (κ2) is 9.86. The molecule has 172 valence electrons. The molecular weight excluding hydrogens is 458 g/mol. The molecule has 2 amide bonds. The van der Waals surface area contributed by atoms with Crippen molar-refractivity contribution in [3.05, 3.63) is 81.5 Å². The number of hydrogen-bond donors (Lipinski definition) is 2. The van der Waals surface area contributed by atoms with E-state index >= 15 is 0 Å². The number of amides is 2. The van der Waals surface area contributed by atoms with Crippen LogP contribution in [0.2, 0.25) is 0 Å². The third-order valence-corrected chi connectivity index (χ3v) is 7.94. The van der Waals surface area contributed by atoms with E-state index in [0.29, 0.717) is 22.4 Å². The maximum Gasteiger partial charge on any atom is 0.255 e. The Morgan fingerprint density at radius 2 is 1.73 bits per heavy atom. The van der Waals surface area contributed by atoms with E-state index in [1.807, 2.05) is 29.3 Å². The summed E-state index contributed by atoms with van der Waals surface area (Å²) in [4.78, 5) is 28.4. The summed E-state index contributed by atoms with van der Waals surface area (Å²) in [5.74, 6) is -0.398. The Morgan fingerprint density at radius 1 is 1.00 bits per heavy atom. The average molecular weight is 484 g/mol. The van der Waals surface area contributed by atoms with Crippen LogP contribution < -0.4 is 10.0 Å². The van der Waals surface area contributed by atoms with Crippen molar-refractivity contribution >= 4 is 38.9 Å². The van der Waals surface area contributed by atoms with Crippen molar-refractivity contribution in [1.82, 2.24) is 9.62 Å². The van der Waals surface area contributed by atoms with E-state index in [-0.39, 0.29) is 23.3 Å². The molecule has 1 aliphatic rings. The number of sulfonamides is 1. The number of nitrogens with zero attached hydrogens (tertiary/aromatic N) is 1. The fourth-order valence-electron chi connectivity index (χ4n) is 3.74. The van der Waals surface area contributed by atoms with Crippen LogP contribution in [0.15, 0.2) is 64.9 Å². The maximum absolute atomic E-state index is 12.8. The van der Waals surface area contributed by atoms with Crippen LogP contribution in [-0.4, -0.2) is 38.2 Å². The summed E-state index contributed by atoms with van der Waals surface area (Å²) in [6, 6.07) is 14.8. The molecule has 0 bridgehead atoms. The summed E-state index contributed by atoms with van der Waals surface area (Å²) in [5.41, 5.74) is 2.16. The summed E-state index contributed by atoms with van der Waals surface area (Å²) < 4.78 is 27.6. The number of thiophene rings is 1. The molecule has 2 heterocycles. The van der Waals surface area contributed by atoms with Crippen molar-refractivity contribution < 1.29 is 18.0 Å². The van der Waals surface area contributed by atoms with Gasteiger partial charge in [-0.3, -0.25) is 9.59 Å². The highest BCUT2D eigenvalue weighted by Crippen LogP contribution is 2.23. The van der Waals surface area contributed by atoms with Crippen molar-refractivity contribution in [2.45, 2.75) is 31.2 Å². The number of anilines is 1. The number of carbonyl (C=O) groups is 2. The minimum atomic E-state index is -3.68. The molecule has 2 aromatic carbocycles. The largest absolute Gasteiger partial charge is 0.339 e. The quantitative estimate of drug-likeness (QED) is 0.531. The smallest absolute Gasteiger partial charge is 0.255 e. The topological polar surface area (TPSA) is 95.6 Å². The summed E-state index contributed by atoms with van der Waals surface area (Å²) >= 11 is 1.47. The summed E-state index contributed by atoms with van der Waals surface area (Å²) in [7, 11) is -3.68. The van der Waals surface area contributed by atoms with E-state index in [1.165, 1.54) is 35.6 Å². The highest BCUT2D eigenvalue weighted by Gasteiger charge is 2.22. The molecular formula is C24H25N3O4S2. The van der Waals surface area contributed by atoms with Crippen molar-refractivity contribution in [1.29, 1.82) is 0 Å². The molecule has 0 radical (unpaired) electrons. The molecule has 3 aromatic rings. The van der Waals surface area contributed by atoms with Crippen LogP contribution >= 0.6 is 11.3 Å². The summed E-state index contributed by atoms with van der Waals surface area (Å²) in [5, 5.41) is 4.73. The van der Waals surface area contributed by atoms with Gasteiger partial charge in [0.1, 0.15) is 0 Å².